The maximum atomic E-state index is 12.7. The zero-order chi connectivity index (χ0) is 22.1. The van der Waals surface area contributed by atoms with Crippen LogP contribution in [0.25, 0.3) is 11.3 Å². The van der Waals surface area contributed by atoms with E-state index in [0.717, 1.165) is 11.3 Å². The maximum Gasteiger partial charge on any atom is 0.257 e. The summed E-state index contributed by atoms with van der Waals surface area (Å²) in [7, 11) is -2.45. The van der Waals surface area contributed by atoms with Crippen LogP contribution in [-0.4, -0.2) is 32.5 Å². The van der Waals surface area contributed by atoms with E-state index >= 15 is 0 Å². The fourth-order valence-electron chi connectivity index (χ4n) is 2.91. The molecule has 2 aromatic heterocycles. The second kappa shape index (κ2) is 8.84. The molecule has 0 unspecified atom stereocenters. The van der Waals surface area contributed by atoms with Crippen molar-refractivity contribution in [3.05, 3.63) is 45.0 Å². The topological polar surface area (TPSA) is 97.4 Å². The molecule has 3 aromatic rings. The van der Waals surface area contributed by atoms with Crippen LogP contribution < -0.4 is 14.8 Å². The number of aryl methyl sites for hydroxylation is 2. The van der Waals surface area contributed by atoms with E-state index < -0.39 is 15.9 Å². The molecule has 1 amide bonds. The number of anilines is 1. The summed E-state index contributed by atoms with van der Waals surface area (Å²) in [6.07, 6.45) is 0. The zero-order valence-electron chi connectivity index (χ0n) is 17.3. The van der Waals surface area contributed by atoms with Gasteiger partial charge < -0.3 is 4.74 Å². The van der Waals surface area contributed by atoms with Gasteiger partial charge in [-0.3, -0.25) is 10.1 Å². The summed E-state index contributed by atoms with van der Waals surface area (Å²) in [6.45, 7) is 7.52. The van der Waals surface area contributed by atoms with Crippen molar-refractivity contribution in [2.24, 2.45) is 0 Å². The highest BCUT2D eigenvalue weighted by atomic mass is 32.2. The first kappa shape index (κ1) is 22.4. The normalized spacial score (nSPS) is 11.7. The predicted molar refractivity (Wildman–Crippen MR) is 121 cm³/mol. The highest BCUT2D eigenvalue weighted by molar-refractivity contribution is 7.89. The summed E-state index contributed by atoms with van der Waals surface area (Å²) in [4.78, 5) is 19.5. The second-order valence-corrected chi connectivity index (χ2v) is 11.0. The van der Waals surface area contributed by atoms with Crippen LogP contribution in [0.2, 0.25) is 0 Å². The minimum absolute atomic E-state index is 0.0875. The van der Waals surface area contributed by atoms with Crippen molar-refractivity contribution in [1.82, 2.24) is 9.71 Å². The molecule has 0 bridgehead atoms. The Morgan fingerprint density at radius 2 is 1.93 bits per heavy atom. The molecular formula is C20H23N3O4S3. The van der Waals surface area contributed by atoms with Crippen LogP contribution in [-0.2, 0) is 10.0 Å². The van der Waals surface area contributed by atoms with Gasteiger partial charge in [-0.1, -0.05) is 0 Å². The number of nitrogens with one attached hydrogen (secondary N) is 2. The molecule has 7 nitrogen and oxygen atoms in total. The Hall–Kier alpha value is -2.27. The van der Waals surface area contributed by atoms with E-state index in [2.05, 4.69) is 21.1 Å². The summed E-state index contributed by atoms with van der Waals surface area (Å²) in [5.74, 6) is -0.280. The lowest BCUT2D eigenvalue weighted by Crippen LogP contribution is -2.30. The Morgan fingerprint density at radius 3 is 2.53 bits per heavy atom. The lowest BCUT2D eigenvalue weighted by Gasteiger charge is -2.14. The summed E-state index contributed by atoms with van der Waals surface area (Å²) in [5, 5.41) is 5.08. The van der Waals surface area contributed by atoms with Crippen molar-refractivity contribution < 1.29 is 17.9 Å². The molecule has 10 heteroatoms. The monoisotopic (exact) mass is 465 g/mol. The standard InChI is InChI=1S/C20H23N3O4S3/c1-11(2)23-30(25,26)18-9-14(6-7-17(18)27-5)19(24)22-20-21-16(10-28-20)15-8-12(3)29-13(15)4/h6-11,23H,1-5H3,(H,21,22,24). The number of amides is 1. The predicted octanol–water partition coefficient (Wildman–Crippen LogP) is 4.44. The van der Waals surface area contributed by atoms with E-state index in [1.807, 2.05) is 19.2 Å². The van der Waals surface area contributed by atoms with Gasteiger partial charge >= 0.3 is 0 Å². The number of ether oxygens (including phenoxy) is 1. The van der Waals surface area contributed by atoms with Crippen molar-refractivity contribution in [1.29, 1.82) is 0 Å². The molecule has 30 heavy (non-hydrogen) atoms. The molecule has 0 aliphatic carbocycles. The highest BCUT2D eigenvalue weighted by Crippen LogP contribution is 2.33. The van der Waals surface area contributed by atoms with Crippen LogP contribution >= 0.6 is 22.7 Å². The number of carbonyl (C=O) groups is 1. The van der Waals surface area contributed by atoms with Crippen LogP contribution in [0, 0.1) is 13.8 Å². The van der Waals surface area contributed by atoms with Crippen molar-refractivity contribution in [3.63, 3.8) is 0 Å². The van der Waals surface area contributed by atoms with E-state index in [4.69, 9.17) is 4.74 Å². The van der Waals surface area contributed by atoms with E-state index in [0.29, 0.717) is 5.13 Å². The Morgan fingerprint density at radius 1 is 1.20 bits per heavy atom. The summed E-state index contributed by atoms with van der Waals surface area (Å²) < 4.78 is 32.9. The summed E-state index contributed by atoms with van der Waals surface area (Å²) in [6, 6.07) is 6.07. The third-order valence-corrected chi connectivity index (χ3v) is 7.55. The molecule has 0 aliphatic heterocycles. The minimum Gasteiger partial charge on any atom is -0.495 e. The Kier molecular flexibility index (Phi) is 6.61. The molecular weight excluding hydrogens is 442 g/mol. The largest absolute Gasteiger partial charge is 0.495 e. The first-order valence-electron chi connectivity index (χ1n) is 9.15. The van der Waals surface area contributed by atoms with Gasteiger partial charge in [0, 0.05) is 32.3 Å². The lowest BCUT2D eigenvalue weighted by molar-refractivity contribution is 0.102. The van der Waals surface area contributed by atoms with Gasteiger partial charge in [-0.2, -0.15) is 0 Å². The zero-order valence-corrected chi connectivity index (χ0v) is 19.7. The van der Waals surface area contributed by atoms with Crippen LogP contribution in [0.1, 0.15) is 34.0 Å². The highest BCUT2D eigenvalue weighted by Gasteiger charge is 2.23. The number of hydrogen-bond acceptors (Lipinski definition) is 7. The molecule has 0 aliphatic rings. The van der Waals surface area contributed by atoms with Crippen molar-refractivity contribution in [2.45, 2.75) is 38.6 Å². The van der Waals surface area contributed by atoms with Gasteiger partial charge in [0.2, 0.25) is 10.0 Å². The molecule has 0 fully saturated rings. The third-order valence-electron chi connectivity index (χ3n) is 4.15. The van der Waals surface area contributed by atoms with E-state index in [1.165, 1.54) is 46.4 Å². The average molecular weight is 466 g/mol. The Balaban J connectivity index is 1.86. The van der Waals surface area contributed by atoms with E-state index in [9.17, 15) is 13.2 Å². The van der Waals surface area contributed by atoms with Gasteiger partial charge in [0.1, 0.15) is 10.6 Å². The molecule has 3 rings (SSSR count). The SMILES string of the molecule is COc1ccc(C(=O)Nc2nc(-c3cc(C)sc3C)cs2)cc1S(=O)(=O)NC(C)C. The second-order valence-electron chi connectivity index (χ2n) is 6.96. The quantitative estimate of drug-likeness (QED) is 0.538. The fourth-order valence-corrected chi connectivity index (χ4v) is 6.00. The molecule has 0 saturated heterocycles. The number of aromatic nitrogens is 1. The van der Waals surface area contributed by atoms with Crippen molar-refractivity contribution in [3.8, 4) is 17.0 Å². The number of thiophene rings is 1. The fraction of sp³-hybridized carbons (Fsp3) is 0.300. The first-order valence-corrected chi connectivity index (χ1v) is 12.3. The van der Waals surface area contributed by atoms with Gasteiger partial charge in [0.15, 0.2) is 5.13 Å². The van der Waals surface area contributed by atoms with Gasteiger partial charge in [-0.15, -0.1) is 22.7 Å². The summed E-state index contributed by atoms with van der Waals surface area (Å²) >= 11 is 3.02. The number of sulfonamides is 1. The van der Waals surface area contributed by atoms with Crippen molar-refractivity contribution in [2.75, 3.05) is 12.4 Å². The van der Waals surface area contributed by atoms with Crippen LogP contribution in [0.15, 0.2) is 34.5 Å². The smallest absolute Gasteiger partial charge is 0.257 e. The molecule has 2 N–H and O–H groups in total. The van der Waals surface area contributed by atoms with E-state index in [-0.39, 0.29) is 22.3 Å². The number of rotatable bonds is 7. The van der Waals surface area contributed by atoms with E-state index in [1.54, 1.807) is 25.2 Å². The van der Waals surface area contributed by atoms with Crippen LogP contribution in [0.5, 0.6) is 5.75 Å². The lowest BCUT2D eigenvalue weighted by atomic mass is 10.2. The van der Waals surface area contributed by atoms with Gasteiger partial charge in [-0.25, -0.2) is 18.1 Å². The molecule has 1 aromatic carbocycles. The number of hydrogen-bond donors (Lipinski definition) is 2. The molecule has 160 valence electrons. The Labute approximate surface area is 184 Å². The molecule has 0 atom stereocenters. The molecule has 0 saturated carbocycles. The molecule has 2 heterocycles. The molecule has 0 spiro atoms. The number of thiazole rings is 1. The molecule has 0 radical (unpaired) electrons. The summed E-state index contributed by atoms with van der Waals surface area (Å²) in [5.41, 5.74) is 2.04. The first-order chi connectivity index (χ1) is 14.1. The van der Waals surface area contributed by atoms with Crippen LogP contribution in [0.4, 0.5) is 5.13 Å². The number of methoxy groups -OCH3 is 1. The average Bonchev–Trinajstić information content (AvgIpc) is 3.25. The Bertz CT molecular complexity index is 1180. The van der Waals surface area contributed by atoms with Gasteiger partial charge in [0.25, 0.3) is 5.91 Å². The van der Waals surface area contributed by atoms with Gasteiger partial charge in [-0.05, 0) is 52.0 Å². The van der Waals surface area contributed by atoms with Crippen molar-refractivity contribution >= 4 is 43.7 Å². The minimum atomic E-state index is -3.83. The number of benzene rings is 1. The van der Waals surface area contributed by atoms with Crippen LogP contribution in [0.3, 0.4) is 0 Å². The third kappa shape index (κ3) is 4.89. The maximum absolute atomic E-state index is 12.7. The number of nitrogens with zero attached hydrogens (tertiary/aromatic N) is 1. The van der Waals surface area contributed by atoms with Gasteiger partial charge in [0.05, 0.1) is 12.8 Å². The number of carbonyl (C=O) groups excluding carboxylic acids is 1.